The van der Waals surface area contributed by atoms with Gasteiger partial charge in [0.05, 0.1) is 20.8 Å². The van der Waals surface area contributed by atoms with Gasteiger partial charge in [0.15, 0.2) is 6.61 Å². The largest absolute Gasteiger partial charge is 0.484 e. The summed E-state index contributed by atoms with van der Waals surface area (Å²) in [5.74, 6) is 0.609. The van der Waals surface area contributed by atoms with Crippen molar-refractivity contribution >= 4 is 69.5 Å². The summed E-state index contributed by atoms with van der Waals surface area (Å²) >= 11 is 24.9. The van der Waals surface area contributed by atoms with Crippen LogP contribution in [0.3, 0.4) is 0 Å². The fourth-order valence-corrected chi connectivity index (χ4v) is 5.68. The maximum Gasteiger partial charge on any atom is 0.273 e. The molecule has 1 amide bonds. The molecule has 3 aromatic carbocycles. The Morgan fingerprint density at radius 3 is 2.29 bits per heavy atom. The first kappa shape index (κ1) is 31.8. The zero-order chi connectivity index (χ0) is 30.4. The van der Waals surface area contributed by atoms with Crippen LogP contribution >= 0.6 is 46.4 Å². The Kier molecular flexibility index (Phi) is 10.5. The number of H-pyrrole nitrogens is 1. The minimum Gasteiger partial charge on any atom is -0.484 e. The van der Waals surface area contributed by atoms with Crippen molar-refractivity contribution in [2.75, 3.05) is 17.2 Å². The first-order valence-electron chi connectivity index (χ1n) is 13.5. The maximum absolute atomic E-state index is 12.7. The van der Waals surface area contributed by atoms with Gasteiger partial charge < -0.3 is 15.4 Å². The van der Waals surface area contributed by atoms with Gasteiger partial charge >= 0.3 is 0 Å². The molecule has 1 heterocycles. The quantitative estimate of drug-likeness (QED) is 0.133. The molecule has 11 heteroatoms. The van der Waals surface area contributed by atoms with Crippen LogP contribution in [0, 0.1) is 0 Å². The van der Waals surface area contributed by atoms with Crippen molar-refractivity contribution in [2.45, 2.75) is 51.9 Å². The van der Waals surface area contributed by atoms with Crippen LogP contribution in [-0.2, 0) is 10.2 Å². The van der Waals surface area contributed by atoms with E-state index in [9.17, 15) is 9.59 Å². The molecule has 4 rings (SSSR count). The maximum atomic E-state index is 12.7. The number of benzene rings is 3. The average molecular weight is 650 g/mol. The number of ether oxygens (including phenoxy) is 1. The van der Waals surface area contributed by atoms with Gasteiger partial charge in [-0.15, -0.1) is 0 Å². The number of unbranched alkanes of at least 4 members (excludes halogenated alkanes) is 2. The molecule has 42 heavy (non-hydrogen) atoms. The second-order valence-corrected chi connectivity index (χ2v) is 12.2. The van der Waals surface area contributed by atoms with Gasteiger partial charge in [0.25, 0.3) is 11.5 Å². The lowest BCUT2D eigenvalue weighted by molar-refractivity contribution is -0.118. The average Bonchev–Trinajstić information content (AvgIpc) is 3.28. The molecule has 0 atom stereocenters. The number of carbonyl (C=O) groups excluding carboxylic acids is 1. The summed E-state index contributed by atoms with van der Waals surface area (Å²) in [7, 11) is 0. The molecule has 0 unspecified atom stereocenters. The number of hydrogen-bond donors (Lipinski definition) is 3. The minimum absolute atomic E-state index is 0.0803. The SMILES string of the molecule is CCCCCC(C)(C)c1ccc(OCC(=O)Nc2ccc(Cl)c(Nc3cc(=O)n(-c4c(Cl)cc(Cl)cc4Cl)[nH]3)c2)cc1. The first-order chi connectivity index (χ1) is 20.0. The zero-order valence-corrected chi connectivity index (χ0v) is 26.5. The number of carbonyl (C=O) groups is 1. The molecule has 0 aliphatic heterocycles. The number of aromatic nitrogens is 2. The van der Waals surface area contributed by atoms with Crippen LogP contribution in [0.4, 0.5) is 17.2 Å². The molecule has 3 N–H and O–H groups in total. The van der Waals surface area contributed by atoms with Crippen LogP contribution in [0.2, 0.25) is 20.1 Å². The number of nitrogens with zero attached hydrogens (tertiary/aromatic N) is 1. The Bertz CT molecular complexity index is 1590. The second kappa shape index (κ2) is 13.9. The van der Waals surface area contributed by atoms with Gasteiger partial charge in [-0.25, -0.2) is 4.68 Å². The topological polar surface area (TPSA) is 88.2 Å². The second-order valence-electron chi connectivity index (χ2n) is 10.6. The number of nitrogens with one attached hydrogen (secondary N) is 3. The van der Waals surface area contributed by atoms with E-state index in [0.29, 0.717) is 33.0 Å². The molecular weight excluding hydrogens is 618 g/mol. The lowest BCUT2D eigenvalue weighted by atomic mass is 9.80. The van der Waals surface area contributed by atoms with E-state index in [1.807, 2.05) is 12.1 Å². The van der Waals surface area contributed by atoms with Crippen LogP contribution in [0.5, 0.6) is 5.75 Å². The van der Waals surface area contributed by atoms with Crippen molar-refractivity contribution in [3.8, 4) is 11.4 Å². The third kappa shape index (κ3) is 8.04. The Morgan fingerprint density at radius 2 is 1.62 bits per heavy atom. The molecule has 0 bridgehead atoms. The monoisotopic (exact) mass is 648 g/mol. The fraction of sp³-hybridized carbons (Fsp3) is 0.290. The van der Waals surface area contributed by atoms with E-state index in [2.05, 4.69) is 48.6 Å². The summed E-state index contributed by atoms with van der Waals surface area (Å²) in [6, 6.07) is 17.2. The summed E-state index contributed by atoms with van der Waals surface area (Å²) in [5, 5.41) is 9.90. The van der Waals surface area contributed by atoms with Gasteiger partial charge in [-0.3, -0.25) is 14.7 Å². The first-order valence-corrected chi connectivity index (χ1v) is 15.0. The summed E-state index contributed by atoms with van der Waals surface area (Å²) in [6.45, 7) is 6.54. The lowest BCUT2D eigenvalue weighted by Gasteiger charge is -2.25. The van der Waals surface area contributed by atoms with Crippen LogP contribution < -0.4 is 20.9 Å². The standard InChI is InChI=1S/C31H32Cl4N4O3/c1-4-5-6-13-31(2,3)19-7-10-22(11-8-19)42-18-28(40)36-21-9-12-23(33)26(16-21)37-27-17-29(41)39(38-27)30-24(34)14-20(32)15-25(30)35/h7-12,14-17,37-38H,4-6,13,18H2,1-3H3,(H,36,40). The van der Waals surface area contributed by atoms with Gasteiger partial charge in [0, 0.05) is 16.8 Å². The molecule has 4 aromatic rings. The van der Waals surface area contributed by atoms with E-state index < -0.39 is 5.56 Å². The number of hydrogen-bond acceptors (Lipinski definition) is 4. The molecular formula is C31H32Cl4N4O3. The van der Waals surface area contributed by atoms with Crippen LogP contribution in [0.15, 0.2) is 65.5 Å². The highest BCUT2D eigenvalue weighted by atomic mass is 35.5. The highest BCUT2D eigenvalue weighted by Crippen LogP contribution is 2.33. The highest BCUT2D eigenvalue weighted by molar-refractivity contribution is 6.40. The molecule has 0 saturated heterocycles. The highest BCUT2D eigenvalue weighted by Gasteiger charge is 2.20. The molecule has 7 nitrogen and oxygen atoms in total. The summed E-state index contributed by atoms with van der Waals surface area (Å²) in [4.78, 5) is 25.3. The van der Waals surface area contributed by atoms with Crippen molar-refractivity contribution in [3.05, 3.63) is 96.7 Å². The molecule has 0 aliphatic carbocycles. The van der Waals surface area contributed by atoms with E-state index >= 15 is 0 Å². The third-order valence-electron chi connectivity index (χ3n) is 6.86. The molecule has 1 aromatic heterocycles. The summed E-state index contributed by atoms with van der Waals surface area (Å²) in [6.07, 6.45) is 4.74. The van der Waals surface area contributed by atoms with E-state index in [1.165, 1.54) is 47.7 Å². The van der Waals surface area contributed by atoms with Crippen molar-refractivity contribution < 1.29 is 9.53 Å². The molecule has 0 spiro atoms. The Labute approximate surface area is 265 Å². The Hall–Kier alpha value is -3.10. The predicted octanol–water partition coefficient (Wildman–Crippen LogP) is 9.40. The third-order valence-corrected chi connectivity index (χ3v) is 7.98. The smallest absolute Gasteiger partial charge is 0.273 e. The van der Waals surface area contributed by atoms with Gasteiger partial charge in [-0.2, -0.15) is 0 Å². The van der Waals surface area contributed by atoms with Crippen molar-refractivity contribution in [3.63, 3.8) is 0 Å². The normalized spacial score (nSPS) is 11.4. The van der Waals surface area contributed by atoms with E-state index in [-0.39, 0.29) is 33.7 Å². The van der Waals surface area contributed by atoms with Gasteiger partial charge in [-0.05, 0) is 59.9 Å². The van der Waals surface area contributed by atoms with Gasteiger partial charge in [0.1, 0.15) is 17.3 Å². The Morgan fingerprint density at radius 1 is 0.929 bits per heavy atom. The summed E-state index contributed by atoms with van der Waals surface area (Å²) < 4.78 is 6.91. The van der Waals surface area contributed by atoms with Crippen molar-refractivity contribution in [2.24, 2.45) is 0 Å². The fourth-order valence-electron chi connectivity index (χ4n) is 4.53. The lowest BCUT2D eigenvalue weighted by Crippen LogP contribution is -2.20. The van der Waals surface area contributed by atoms with Gasteiger partial charge in [0.2, 0.25) is 0 Å². The number of anilines is 3. The summed E-state index contributed by atoms with van der Waals surface area (Å²) in [5.41, 5.74) is 2.12. The number of amides is 1. The van der Waals surface area contributed by atoms with E-state index in [0.717, 1.165) is 6.42 Å². The molecule has 0 radical (unpaired) electrons. The van der Waals surface area contributed by atoms with Crippen molar-refractivity contribution in [1.29, 1.82) is 0 Å². The van der Waals surface area contributed by atoms with Crippen LogP contribution in [-0.4, -0.2) is 22.3 Å². The van der Waals surface area contributed by atoms with Crippen LogP contribution in [0.25, 0.3) is 5.69 Å². The number of aromatic amines is 1. The van der Waals surface area contributed by atoms with E-state index in [4.69, 9.17) is 51.1 Å². The minimum atomic E-state index is -0.408. The molecule has 222 valence electrons. The Balaban J connectivity index is 1.38. The van der Waals surface area contributed by atoms with E-state index in [1.54, 1.807) is 18.2 Å². The predicted molar refractivity (Wildman–Crippen MR) is 174 cm³/mol. The molecule has 0 aliphatic rings. The van der Waals surface area contributed by atoms with Gasteiger partial charge in [-0.1, -0.05) is 98.6 Å². The molecule has 0 saturated carbocycles. The van der Waals surface area contributed by atoms with Crippen molar-refractivity contribution in [1.82, 2.24) is 9.78 Å². The van der Waals surface area contributed by atoms with Crippen LogP contribution in [0.1, 0.15) is 52.0 Å². The number of rotatable bonds is 12. The zero-order valence-electron chi connectivity index (χ0n) is 23.5. The molecule has 0 fully saturated rings. The number of halogens is 4.